The Morgan fingerprint density at radius 2 is 1.82 bits per heavy atom. The minimum atomic E-state index is -0.665. The Kier molecular flexibility index (Phi) is 5.44. The second kappa shape index (κ2) is 6.39. The molecule has 1 aliphatic rings. The summed E-state index contributed by atoms with van der Waals surface area (Å²) in [5, 5.41) is 8.80. The van der Waals surface area contributed by atoms with Gasteiger partial charge in [-0.25, -0.2) is 0 Å². The zero-order chi connectivity index (χ0) is 13.0. The highest BCUT2D eigenvalue weighted by Crippen LogP contribution is 2.27. The first-order valence-corrected chi connectivity index (χ1v) is 6.88. The summed E-state index contributed by atoms with van der Waals surface area (Å²) in [6.45, 7) is 11.1. The molecular formula is C14H27NO2. The molecule has 0 spiro atoms. The Balaban J connectivity index is 2.11. The maximum Gasteiger partial charge on any atom is 0.306 e. The lowest BCUT2D eigenvalue weighted by atomic mass is 9.86. The molecule has 2 unspecified atom stereocenters. The van der Waals surface area contributed by atoms with E-state index in [1.165, 1.54) is 13.1 Å². The first-order valence-electron chi connectivity index (χ1n) is 6.88. The molecule has 1 rings (SSSR count). The van der Waals surface area contributed by atoms with Crippen molar-refractivity contribution in [2.45, 2.75) is 53.0 Å². The molecule has 0 radical (unpaired) electrons. The van der Waals surface area contributed by atoms with Crippen LogP contribution in [0.25, 0.3) is 0 Å². The molecule has 1 N–H and O–H groups in total. The predicted octanol–water partition coefficient (Wildman–Crippen LogP) is 2.85. The molecule has 1 fully saturated rings. The van der Waals surface area contributed by atoms with Gasteiger partial charge in [-0.2, -0.15) is 0 Å². The van der Waals surface area contributed by atoms with Crippen molar-refractivity contribution in [3.8, 4) is 0 Å². The molecular weight excluding hydrogens is 214 g/mol. The van der Waals surface area contributed by atoms with E-state index >= 15 is 0 Å². The van der Waals surface area contributed by atoms with E-state index in [0.29, 0.717) is 6.04 Å². The number of carboxylic acid groups (broad SMARTS) is 1. The van der Waals surface area contributed by atoms with E-state index in [4.69, 9.17) is 5.11 Å². The van der Waals surface area contributed by atoms with Crippen molar-refractivity contribution in [1.82, 2.24) is 4.90 Å². The Morgan fingerprint density at radius 1 is 1.24 bits per heavy atom. The van der Waals surface area contributed by atoms with Crippen molar-refractivity contribution in [2.75, 3.05) is 13.1 Å². The molecule has 0 aromatic heterocycles. The standard InChI is InChI=1S/C14H27NO2/c1-10(2)13-8-15(9-13)12(4)7-5-6-11(3)14(16)17/h10-13H,5-9H2,1-4H3,(H,16,17). The van der Waals surface area contributed by atoms with Crippen molar-refractivity contribution in [3.05, 3.63) is 0 Å². The maximum atomic E-state index is 10.7. The SMILES string of the molecule is CC(CCCC(C)N1CC(C(C)C)C1)C(=O)O. The number of carboxylic acids is 1. The molecule has 1 aliphatic heterocycles. The van der Waals surface area contributed by atoms with Gasteiger partial charge in [0.1, 0.15) is 0 Å². The van der Waals surface area contributed by atoms with Crippen LogP contribution in [0.4, 0.5) is 0 Å². The van der Waals surface area contributed by atoms with Gasteiger partial charge in [0.2, 0.25) is 0 Å². The van der Waals surface area contributed by atoms with Crippen LogP contribution in [0.3, 0.4) is 0 Å². The predicted molar refractivity (Wildman–Crippen MR) is 70.0 cm³/mol. The first-order chi connectivity index (χ1) is 7.91. The number of likely N-dealkylation sites (tertiary alicyclic amines) is 1. The molecule has 1 heterocycles. The summed E-state index contributed by atoms with van der Waals surface area (Å²) < 4.78 is 0. The number of nitrogens with zero attached hydrogens (tertiary/aromatic N) is 1. The molecule has 1 saturated heterocycles. The second-order valence-corrected chi connectivity index (χ2v) is 5.98. The van der Waals surface area contributed by atoms with Gasteiger partial charge in [-0.1, -0.05) is 27.2 Å². The average molecular weight is 241 g/mol. The molecule has 0 aliphatic carbocycles. The molecule has 0 amide bonds. The molecule has 3 nitrogen and oxygen atoms in total. The van der Waals surface area contributed by atoms with E-state index in [9.17, 15) is 4.79 Å². The van der Waals surface area contributed by atoms with Crippen LogP contribution in [0.15, 0.2) is 0 Å². The topological polar surface area (TPSA) is 40.5 Å². The molecule has 3 heteroatoms. The summed E-state index contributed by atoms with van der Waals surface area (Å²) in [6, 6.07) is 0.617. The fraction of sp³-hybridized carbons (Fsp3) is 0.929. The van der Waals surface area contributed by atoms with Crippen LogP contribution in [-0.2, 0) is 4.79 Å². The van der Waals surface area contributed by atoms with Gasteiger partial charge in [-0.3, -0.25) is 9.69 Å². The van der Waals surface area contributed by atoms with Crippen LogP contribution in [0, 0.1) is 17.8 Å². The third-order valence-electron chi connectivity index (χ3n) is 4.18. The fourth-order valence-electron chi connectivity index (χ4n) is 2.36. The number of aliphatic carboxylic acids is 1. The third kappa shape index (κ3) is 4.30. The van der Waals surface area contributed by atoms with Crippen LogP contribution >= 0.6 is 0 Å². The quantitative estimate of drug-likeness (QED) is 0.745. The van der Waals surface area contributed by atoms with E-state index in [0.717, 1.165) is 31.1 Å². The lowest BCUT2D eigenvalue weighted by Crippen LogP contribution is -2.52. The van der Waals surface area contributed by atoms with E-state index in [-0.39, 0.29) is 5.92 Å². The van der Waals surface area contributed by atoms with Crippen LogP contribution in [0.5, 0.6) is 0 Å². The maximum absolute atomic E-state index is 10.7. The zero-order valence-electron chi connectivity index (χ0n) is 11.6. The Labute approximate surface area is 105 Å². The first kappa shape index (κ1) is 14.5. The molecule has 0 aromatic carbocycles. The van der Waals surface area contributed by atoms with Crippen molar-refractivity contribution in [2.24, 2.45) is 17.8 Å². The van der Waals surface area contributed by atoms with Crippen molar-refractivity contribution in [1.29, 1.82) is 0 Å². The summed E-state index contributed by atoms with van der Waals surface area (Å²) in [5.41, 5.74) is 0. The largest absolute Gasteiger partial charge is 0.481 e. The van der Waals surface area contributed by atoms with E-state index < -0.39 is 5.97 Å². The van der Waals surface area contributed by atoms with E-state index in [1.54, 1.807) is 6.92 Å². The Bertz CT molecular complexity index is 247. The summed E-state index contributed by atoms with van der Waals surface area (Å²) in [5.74, 6) is 0.810. The molecule has 17 heavy (non-hydrogen) atoms. The number of rotatable bonds is 7. The van der Waals surface area contributed by atoms with Crippen LogP contribution in [0.2, 0.25) is 0 Å². The molecule has 0 aromatic rings. The van der Waals surface area contributed by atoms with Gasteiger partial charge in [0.05, 0.1) is 5.92 Å². The summed E-state index contributed by atoms with van der Waals surface area (Å²) >= 11 is 0. The lowest BCUT2D eigenvalue weighted by molar-refractivity contribution is -0.141. The van der Waals surface area contributed by atoms with E-state index in [2.05, 4.69) is 25.7 Å². The molecule has 0 bridgehead atoms. The summed E-state index contributed by atoms with van der Waals surface area (Å²) in [4.78, 5) is 13.2. The van der Waals surface area contributed by atoms with Crippen LogP contribution < -0.4 is 0 Å². The van der Waals surface area contributed by atoms with Gasteiger partial charge < -0.3 is 5.11 Å². The van der Waals surface area contributed by atoms with Gasteiger partial charge in [0.25, 0.3) is 0 Å². The minimum Gasteiger partial charge on any atom is -0.481 e. The van der Waals surface area contributed by atoms with Gasteiger partial charge >= 0.3 is 5.97 Å². The Morgan fingerprint density at radius 3 is 2.29 bits per heavy atom. The zero-order valence-corrected chi connectivity index (χ0v) is 11.6. The highest BCUT2D eigenvalue weighted by atomic mass is 16.4. The number of hydrogen-bond donors (Lipinski definition) is 1. The molecule has 0 saturated carbocycles. The molecule has 100 valence electrons. The monoisotopic (exact) mass is 241 g/mol. The summed E-state index contributed by atoms with van der Waals surface area (Å²) in [7, 11) is 0. The second-order valence-electron chi connectivity index (χ2n) is 5.98. The van der Waals surface area contributed by atoms with Crippen LogP contribution in [0.1, 0.15) is 47.0 Å². The van der Waals surface area contributed by atoms with E-state index in [1.807, 2.05) is 0 Å². The minimum absolute atomic E-state index is 0.193. The lowest BCUT2D eigenvalue weighted by Gasteiger charge is -2.45. The van der Waals surface area contributed by atoms with Gasteiger partial charge in [-0.15, -0.1) is 0 Å². The highest BCUT2D eigenvalue weighted by Gasteiger charge is 2.31. The smallest absolute Gasteiger partial charge is 0.306 e. The highest BCUT2D eigenvalue weighted by molar-refractivity contribution is 5.69. The third-order valence-corrected chi connectivity index (χ3v) is 4.18. The van der Waals surface area contributed by atoms with Gasteiger partial charge in [-0.05, 0) is 31.6 Å². The van der Waals surface area contributed by atoms with Crippen molar-refractivity contribution < 1.29 is 9.90 Å². The number of hydrogen-bond acceptors (Lipinski definition) is 2. The van der Waals surface area contributed by atoms with Gasteiger partial charge in [0, 0.05) is 19.1 Å². The average Bonchev–Trinajstić information content (AvgIpc) is 2.14. The fourth-order valence-corrected chi connectivity index (χ4v) is 2.36. The van der Waals surface area contributed by atoms with Crippen molar-refractivity contribution in [3.63, 3.8) is 0 Å². The molecule has 2 atom stereocenters. The van der Waals surface area contributed by atoms with Gasteiger partial charge in [0.15, 0.2) is 0 Å². The van der Waals surface area contributed by atoms with Crippen LogP contribution in [-0.4, -0.2) is 35.1 Å². The Hall–Kier alpha value is -0.570. The normalized spacial score (nSPS) is 21.2. The van der Waals surface area contributed by atoms with Crippen molar-refractivity contribution >= 4 is 5.97 Å². The summed E-state index contributed by atoms with van der Waals surface area (Å²) in [6.07, 6.45) is 2.96. The number of carbonyl (C=O) groups is 1.